The second-order valence-electron chi connectivity index (χ2n) is 2.85. The van der Waals surface area contributed by atoms with Gasteiger partial charge in [0.25, 0.3) is 0 Å². The minimum atomic E-state index is -0.745. The normalized spacial score (nSPS) is 10.9. The van der Waals surface area contributed by atoms with Crippen LogP contribution in [0.25, 0.3) is 0 Å². The molecule has 0 radical (unpaired) electrons. The molecule has 0 amide bonds. The fraction of sp³-hybridized carbons (Fsp3) is 0.333. The molecular formula is C9H11N3O5S. The van der Waals surface area contributed by atoms with Crippen LogP contribution in [0.3, 0.4) is 0 Å². The van der Waals surface area contributed by atoms with E-state index in [0.29, 0.717) is 0 Å². The van der Waals surface area contributed by atoms with Gasteiger partial charge in [-0.3, -0.25) is 0 Å². The molecular weight excluding hydrogens is 262 g/mol. The van der Waals surface area contributed by atoms with Crippen LogP contribution >= 0.6 is 11.3 Å². The predicted molar refractivity (Wildman–Crippen MR) is 63.0 cm³/mol. The molecule has 0 bridgehead atoms. The number of carbonyl (C=O) groups is 2. The SMILES string of the molecule is COC(=O)CO/N=C(\C(=O)OC)c1csc(N)n1. The van der Waals surface area contributed by atoms with Crippen LogP contribution in [0, 0.1) is 0 Å². The Kier molecular flexibility index (Phi) is 5.06. The van der Waals surface area contributed by atoms with Crippen LogP contribution in [0.5, 0.6) is 0 Å². The van der Waals surface area contributed by atoms with Gasteiger partial charge in [-0.25, -0.2) is 14.6 Å². The number of oxime groups is 1. The highest BCUT2D eigenvalue weighted by Crippen LogP contribution is 2.12. The summed E-state index contributed by atoms with van der Waals surface area (Å²) in [4.78, 5) is 30.8. The van der Waals surface area contributed by atoms with E-state index < -0.39 is 18.5 Å². The van der Waals surface area contributed by atoms with Gasteiger partial charge < -0.3 is 20.0 Å². The van der Waals surface area contributed by atoms with Crippen molar-refractivity contribution in [3.8, 4) is 0 Å². The molecule has 1 aromatic rings. The number of thiazole rings is 1. The number of anilines is 1. The summed E-state index contributed by atoms with van der Waals surface area (Å²) in [5, 5.41) is 5.29. The molecule has 0 aliphatic rings. The third-order valence-electron chi connectivity index (χ3n) is 1.71. The number of ether oxygens (including phenoxy) is 2. The fourth-order valence-corrected chi connectivity index (χ4v) is 1.44. The van der Waals surface area contributed by atoms with E-state index in [9.17, 15) is 9.59 Å². The highest BCUT2D eigenvalue weighted by molar-refractivity contribution is 7.13. The molecule has 0 spiro atoms. The maximum absolute atomic E-state index is 11.4. The van der Waals surface area contributed by atoms with Crippen molar-refractivity contribution in [1.82, 2.24) is 4.98 Å². The number of methoxy groups -OCH3 is 2. The standard InChI is InChI=1S/C9H11N3O5S/c1-15-6(13)3-17-12-7(8(14)16-2)5-4-18-9(10)11-5/h4H,3H2,1-2H3,(H2,10,11)/b12-7-. The van der Waals surface area contributed by atoms with Crippen LogP contribution in [-0.2, 0) is 23.9 Å². The molecule has 9 heteroatoms. The Bertz CT molecular complexity index is 471. The quantitative estimate of drug-likeness (QED) is 0.448. The number of esters is 2. The molecule has 0 unspecified atom stereocenters. The van der Waals surface area contributed by atoms with Gasteiger partial charge in [0.1, 0.15) is 5.69 Å². The number of rotatable bonds is 5. The minimum Gasteiger partial charge on any atom is -0.466 e. The third-order valence-corrected chi connectivity index (χ3v) is 2.38. The van der Waals surface area contributed by atoms with Crippen LogP contribution in [0.2, 0.25) is 0 Å². The lowest BCUT2D eigenvalue weighted by Gasteiger charge is -2.01. The van der Waals surface area contributed by atoms with Crippen molar-refractivity contribution >= 4 is 34.1 Å². The van der Waals surface area contributed by atoms with E-state index in [2.05, 4.69) is 24.5 Å². The average molecular weight is 273 g/mol. The summed E-state index contributed by atoms with van der Waals surface area (Å²) in [6, 6.07) is 0. The lowest BCUT2D eigenvalue weighted by molar-refractivity contribution is -0.146. The maximum Gasteiger partial charge on any atom is 0.362 e. The number of nitrogen functional groups attached to an aromatic ring is 1. The van der Waals surface area contributed by atoms with Gasteiger partial charge in [-0.15, -0.1) is 11.3 Å². The Labute approximate surface area is 106 Å². The Morgan fingerprint density at radius 2 is 2.17 bits per heavy atom. The van der Waals surface area contributed by atoms with E-state index in [1.54, 1.807) is 0 Å². The van der Waals surface area contributed by atoms with Crippen LogP contribution in [0.1, 0.15) is 5.69 Å². The maximum atomic E-state index is 11.4. The molecule has 0 saturated carbocycles. The van der Waals surface area contributed by atoms with Crippen LogP contribution in [0.15, 0.2) is 10.5 Å². The molecule has 0 aliphatic heterocycles. The Balaban J connectivity index is 2.82. The van der Waals surface area contributed by atoms with Gasteiger partial charge in [0.15, 0.2) is 5.13 Å². The summed E-state index contributed by atoms with van der Waals surface area (Å²) in [5.74, 6) is -1.37. The van der Waals surface area contributed by atoms with Crippen LogP contribution in [0.4, 0.5) is 5.13 Å². The van der Waals surface area contributed by atoms with Gasteiger partial charge in [-0.05, 0) is 0 Å². The van der Waals surface area contributed by atoms with Crippen molar-refractivity contribution in [3.63, 3.8) is 0 Å². The molecule has 1 heterocycles. The van der Waals surface area contributed by atoms with Gasteiger partial charge >= 0.3 is 11.9 Å². The first-order valence-corrected chi connectivity index (χ1v) is 5.53. The number of nitrogens with zero attached hydrogens (tertiary/aromatic N) is 2. The zero-order valence-corrected chi connectivity index (χ0v) is 10.5. The highest BCUT2D eigenvalue weighted by atomic mass is 32.1. The zero-order valence-electron chi connectivity index (χ0n) is 9.71. The number of hydrogen-bond acceptors (Lipinski definition) is 9. The lowest BCUT2D eigenvalue weighted by Crippen LogP contribution is -2.19. The van der Waals surface area contributed by atoms with E-state index in [1.807, 2.05) is 0 Å². The van der Waals surface area contributed by atoms with Crippen molar-refractivity contribution in [2.75, 3.05) is 26.6 Å². The molecule has 0 fully saturated rings. The summed E-state index contributed by atoms with van der Waals surface area (Å²) in [6.45, 7) is -0.420. The van der Waals surface area contributed by atoms with Crippen molar-refractivity contribution in [3.05, 3.63) is 11.1 Å². The molecule has 1 rings (SSSR count). The van der Waals surface area contributed by atoms with Gasteiger partial charge in [-0.2, -0.15) is 0 Å². The highest BCUT2D eigenvalue weighted by Gasteiger charge is 2.19. The minimum absolute atomic E-state index is 0.172. The number of nitrogens with two attached hydrogens (primary N) is 1. The summed E-state index contributed by atoms with van der Waals surface area (Å²) in [6.07, 6.45) is 0. The first kappa shape index (κ1) is 13.9. The van der Waals surface area contributed by atoms with Gasteiger partial charge in [0.2, 0.25) is 12.3 Å². The summed E-state index contributed by atoms with van der Waals surface area (Å²) in [7, 11) is 2.39. The van der Waals surface area contributed by atoms with Gasteiger partial charge in [0, 0.05) is 5.38 Å². The Hall–Kier alpha value is -2.16. The Morgan fingerprint density at radius 3 is 2.67 bits per heavy atom. The largest absolute Gasteiger partial charge is 0.466 e. The second kappa shape index (κ2) is 6.55. The zero-order chi connectivity index (χ0) is 13.5. The first-order valence-electron chi connectivity index (χ1n) is 4.65. The van der Waals surface area contributed by atoms with E-state index in [-0.39, 0.29) is 16.5 Å². The van der Waals surface area contributed by atoms with E-state index in [0.717, 1.165) is 11.3 Å². The lowest BCUT2D eigenvalue weighted by atomic mass is 10.3. The number of aromatic nitrogens is 1. The summed E-state index contributed by atoms with van der Waals surface area (Å²) >= 11 is 1.14. The molecule has 8 nitrogen and oxygen atoms in total. The van der Waals surface area contributed by atoms with Gasteiger partial charge in [-0.1, -0.05) is 5.16 Å². The van der Waals surface area contributed by atoms with Crippen molar-refractivity contribution in [2.24, 2.45) is 5.16 Å². The predicted octanol–water partition coefficient (Wildman–Crippen LogP) is -0.208. The van der Waals surface area contributed by atoms with Gasteiger partial charge in [0.05, 0.1) is 14.2 Å². The molecule has 0 aliphatic carbocycles. The molecule has 18 heavy (non-hydrogen) atoms. The molecule has 2 N–H and O–H groups in total. The average Bonchev–Trinajstić information content (AvgIpc) is 2.79. The molecule has 98 valence electrons. The molecule has 0 atom stereocenters. The number of hydrogen-bond donors (Lipinski definition) is 1. The van der Waals surface area contributed by atoms with Crippen molar-refractivity contribution in [2.45, 2.75) is 0 Å². The van der Waals surface area contributed by atoms with E-state index >= 15 is 0 Å². The molecule has 0 aromatic carbocycles. The third kappa shape index (κ3) is 3.70. The topological polar surface area (TPSA) is 113 Å². The van der Waals surface area contributed by atoms with Crippen LogP contribution < -0.4 is 5.73 Å². The summed E-state index contributed by atoms with van der Waals surface area (Å²) in [5.41, 5.74) is 5.49. The second-order valence-corrected chi connectivity index (χ2v) is 3.74. The monoisotopic (exact) mass is 273 g/mol. The fourth-order valence-electron chi connectivity index (χ4n) is 0.890. The van der Waals surface area contributed by atoms with Crippen molar-refractivity contribution in [1.29, 1.82) is 0 Å². The smallest absolute Gasteiger partial charge is 0.362 e. The van der Waals surface area contributed by atoms with E-state index in [4.69, 9.17) is 5.73 Å². The molecule has 0 saturated heterocycles. The molecule has 1 aromatic heterocycles. The first-order chi connectivity index (χ1) is 8.58. The van der Waals surface area contributed by atoms with Crippen LogP contribution in [-0.4, -0.2) is 43.5 Å². The van der Waals surface area contributed by atoms with E-state index in [1.165, 1.54) is 19.6 Å². The van der Waals surface area contributed by atoms with Crippen molar-refractivity contribution < 1.29 is 23.9 Å². The summed E-state index contributed by atoms with van der Waals surface area (Å²) < 4.78 is 8.86. The number of carbonyl (C=O) groups excluding carboxylic acids is 2. The Morgan fingerprint density at radius 1 is 1.44 bits per heavy atom.